The van der Waals surface area contributed by atoms with Crippen molar-refractivity contribution in [3.63, 3.8) is 0 Å². The van der Waals surface area contributed by atoms with Crippen LogP contribution in [-0.2, 0) is 12.3 Å². The molecule has 2 aromatic rings. The first-order valence-electron chi connectivity index (χ1n) is 8.21. The molecule has 3 nitrogen and oxygen atoms in total. The van der Waals surface area contributed by atoms with E-state index in [1.165, 1.54) is 10.7 Å². The van der Waals surface area contributed by atoms with Crippen LogP contribution < -0.4 is 17.0 Å². The van der Waals surface area contributed by atoms with E-state index in [9.17, 15) is 5.11 Å². The number of aliphatic hydroxyl groups is 1. The van der Waals surface area contributed by atoms with Crippen LogP contribution in [0.4, 0.5) is 0 Å². The van der Waals surface area contributed by atoms with Crippen LogP contribution in [0.25, 0.3) is 0 Å². The minimum Gasteiger partial charge on any atom is -1.00 e. The molecular weight excluding hydrogens is 420 g/mol. The second-order valence-corrected chi connectivity index (χ2v) is 7.80. The summed E-state index contributed by atoms with van der Waals surface area (Å²) in [5.74, 6) is 1.10. The van der Waals surface area contributed by atoms with Crippen molar-refractivity contribution in [2.45, 2.75) is 18.7 Å². The Morgan fingerprint density at radius 2 is 1.84 bits per heavy atom. The number of benzene rings is 2. The summed E-state index contributed by atoms with van der Waals surface area (Å²) >= 11 is 7.87. The highest BCUT2D eigenvalue weighted by molar-refractivity contribution is 8.13. The number of hydrogen-bond donors (Lipinski definition) is 1. The maximum absolute atomic E-state index is 11.5. The van der Waals surface area contributed by atoms with Crippen molar-refractivity contribution in [1.29, 1.82) is 0 Å². The summed E-state index contributed by atoms with van der Waals surface area (Å²) in [6.07, 6.45) is 1.09. The fraction of sp³-hybridized carbons (Fsp3) is 0.316. The molecule has 0 bridgehead atoms. The number of thioether (sulfide) groups is 1. The van der Waals surface area contributed by atoms with Gasteiger partial charge in [0.15, 0.2) is 6.54 Å². The van der Waals surface area contributed by atoms with Gasteiger partial charge in [-0.2, -0.15) is 0 Å². The SMILES string of the molecule is OC1(c2ccc(Cl)cc2)C[N+](Cc2ccccc2)=C2SCCCN21.[Br-]. The number of fused-ring (bicyclic) bond motifs is 1. The summed E-state index contributed by atoms with van der Waals surface area (Å²) < 4.78 is 2.30. The van der Waals surface area contributed by atoms with Gasteiger partial charge in [0.1, 0.15) is 6.54 Å². The number of β-amino-alcohol motifs (C(OH)–C–C–N with tert-alkyl or cyclic N) is 1. The Hall–Kier alpha value is -1.01. The number of rotatable bonds is 3. The third kappa shape index (κ3) is 3.61. The maximum Gasteiger partial charge on any atom is 0.311 e. The lowest BCUT2D eigenvalue weighted by molar-refractivity contribution is -0.547. The molecule has 0 amide bonds. The van der Waals surface area contributed by atoms with Gasteiger partial charge in [0, 0.05) is 16.3 Å². The summed E-state index contributed by atoms with van der Waals surface area (Å²) in [6, 6.07) is 18.0. The summed E-state index contributed by atoms with van der Waals surface area (Å²) in [6.45, 7) is 2.27. The molecule has 0 saturated carbocycles. The normalized spacial score (nSPS) is 22.6. The average molecular weight is 440 g/mol. The molecule has 2 heterocycles. The third-order valence-electron chi connectivity index (χ3n) is 4.64. The zero-order chi connectivity index (χ0) is 16.6. The van der Waals surface area contributed by atoms with Crippen LogP contribution in [0.5, 0.6) is 0 Å². The standard InChI is InChI=1S/C19H20ClN2OS.BrH/c20-17-9-7-16(8-10-17)19(23)14-21(13-15-5-2-1-3-6-15)18-22(19)11-4-12-24-18;/h1-3,5-10,23H,4,11-14H2;1H/q+1;/p-1. The largest absolute Gasteiger partial charge is 1.00 e. The van der Waals surface area contributed by atoms with Crippen LogP contribution in [0.1, 0.15) is 17.5 Å². The number of nitrogens with zero attached hydrogens (tertiary/aromatic N) is 2. The van der Waals surface area contributed by atoms with E-state index in [4.69, 9.17) is 11.6 Å². The fourth-order valence-corrected chi connectivity index (χ4v) is 4.77. The molecule has 1 fully saturated rings. The van der Waals surface area contributed by atoms with Crippen molar-refractivity contribution in [2.24, 2.45) is 0 Å². The van der Waals surface area contributed by atoms with Crippen molar-refractivity contribution < 1.29 is 26.7 Å². The topological polar surface area (TPSA) is 26.5 Å². The minimum atomic E-state index is -0.984. The third-order valence-corrected chi connectivity index (χ3v) is 6.12. The molecule has 2 aliphatic heterocycles. The summed E-state index contributed by atoms with van der Waals surface area (Å²) in [5, 5.41) is 13.4. The summed E-state index contributed by atoms with van der Waals surface area (Å²) in [5.41, 5.74) is 1.18. The zero-order valence-corrected chi connectivity index (χ0v) is 16.9. The smallest absolute Gasteiger partial charge is 0.311 e. The Morgan fingerprint density at radius 1 is 1.12 bits per heavy atom. The number of hydrogen-bond acceptors (Lipinski definition) is 3. The van der Waals surface area contributed by atoms with Gasteiger partial charge in [-0.15, -0.1) is 0 Å². The first-order chi connectivity index (χ1) is 11.7. The lowest BCUT2D eigenvalue weighted by Crippen LogP contribution is -3.00. The fourth-order valence-electron chi connectivity index (χ4n) is 3.48. The van der Waals surface area contributed by atoms with Gasteiger partial charge in [-0.05, 0) is 35.9 Å². The molecule has 0 spiro atoms. The van der Waals surface area contributed by atoms with Gasteiger partial charge in [-0.1, -0.05) is 54.1 Å². The Bertz CT molecular complexity index is 769. The van der Waals surface area contributed by atoms with E-state index in [-0.39, 0.29) is 17.0 Å². The van der Waals surface area contributed by atoms with Crippen LogP contribution in [-0.4, -0.2) is 38.6 Å². The summed E-state index contributed by atoms with van der Waals surface area (Å²) in [7, 11) is 0. The first-order valence-corrected chi connectivity index (χ1v) is 9.58. The van der Waals surface area contributed by atoms with E-state index in [1.54, 1.807) is 0 Å². The predicted molar refractivity (Wildman–Crippen MR) is 99.4 cm³/mol. The molecule has 25 heavy (non-hydrogen) atoms. The van der Waals surface area contributed by atoms with Crippen LogP contribution in [0.15, 0.2) is 54.6 Å². The number of halogens is 2. The lowest BCUT2D eigenvalue weighted by Gasteiger charge is -2.30. The summed E-state index contributed by atoms with van der Waals surface area (Å²) in [4.78, 5) is 2.16. The van der Waals surface area contributed by atoms with E-state index in [0.717, 1.165) is 30.8 Å². The molecule has 1 saturated heterocycles. The van der Waals surface area contributed by atoms with E-state index in [0.29, 0.717) is 11.6 Å². The van der Waals surface area contributed by atoms with Gasteiger partial charge in [0.05, 0.1) is 6.54 Å². The van der Waals surface area contributed by atoms with Gasteiger partial charge in [0.2, 0.25) is 0 Å². The molecule has 2 aromatic carbocycles. The minimum absolute atomic E-state index is 0. The van der Waals surface area contributed by atoms with Crippen molar-refractivity contribution in [2.75, 3.05) is 18.8 Å². The quantitative estimate of drug-likeness (QED) is 0.706. The molecule has 2 aliphatic rings. The molecule has 132 valence electrons. The molecule has 1 atom stereocenters. The van der Waals surface area contributed by atoms with E-state index in [1.807, 2.05) is 42.1 Å². The van der Waals surface area contributed by atoms with Crippen molar-refractivity contribution in [1.82, 2.24) is 4.90 Å². The molecule has 1 unspecified atom stereocenters. The molecule has 0 aromatic heterocycles. The van der Waals surface area contributed by atoms with Crippen molar-refractivity contribution in [3.8, 4) is 0 Å². The van der Waals surface area contributed by atoms with Gasteiger partial charge in [0.25, 0.3) is 5.72 Å². The molecule has 6 heteroatoms. The lowest BCUT2D eigenvalue weighted by atomic mass is 10.0. The first kappa shape index (κ1) is 18.8. The van der Waals surface area contributed by atoms with Gasteiger partial charge in [-0.3, -0.25) is 0 Å². The average Bonchev–Trinajstić information content (AvgIpc) is 2.90. The Morgan fingerprint density at radius 3 is 2.56 bits per heavy atom. The van der Waals surface area contributed by atoms with Gasteiger partial charge < -0.3 is 22.1 Å². The van der Waals surface area contributed by atoms with Crippen LogP contribution >= 0.6 is 23.4 Å². The Labute approximate surface area is 168 Å². The molecule has 1 N–H and O–H groups in total. The zero-order valence-electron chi connectivity index (χ0n) is 13.7. The Balaban J connectivity index is 0.00000182. The van der Waals surface area contributed by atoms with Crippen molar-refractivity contribution >= 4 is 28.5 Å². The molecular formula is C19H20BrClN2OS. The highest BCUT2D eigenvalue weighted by atomic mass is 79.9. The molecule has 0 radical (unpaired) electrons. The Kier molecular flexibility index (Phi) is 5.78. The highest BCUT2D eigenvalue weighted by Gasteiger charge is 2.54. The van der Waals surface area contributed by atoms with Crippen molar-refractivity contribution in [3.05, 3.63) is 70.7 Å². The second-order valence-electron chi connectivity index (χ2n) is 6.30. The molecule has 0 aliphatic carbocycles. The van der Waals surface area contributed by atoms with Crippen LogP contribution in [0.2, 0.25) is 5.02 Å². The van der Waals surface area contributed by atoms with Gasteiger partial charge >= 0.3 is 5.17 Å². The number of amidine groups is 1. The van der Waals surface area contributed by atoms with E-state index >= 15 is 0 Å². The monoisotopic (exact) mass is 438 g/mol. The molecule has 4 rings (SSSR count). The van der Waals surface area contributed by atoms with Crippen LogP contribution in [0, 0.1) is 0 Å². The maximum atomic E-state index is 11.5. The predicted octanol–water partition coefficient (Wildman–Crippen LogP) is 0.510. The second kappa shape index (κ2) is 7.70. The highest BCUT2D eigenvalue weighted by Crippen LogP contribution is 2.37. The van der Waals surface area contributed by atoms with Gasteiger partial charge in [-0.25, -0.2) is 9.48 Å². The van der Waals surface area contributed by atoms with E-state index in [2.05, 4.69) is 33.7 Å². The van der Waals surface area contributed by atoms with Crippen LogP contribution in [0.3, 0.4) is 0 Å². The van der Waals surface area contributed by atoms with E-state index < -0.39 is 5.72 Å².